The van der Waals surface area contributed by atoms with Crippen LogP contribution in [0.25, 0.3) is 0 Å². The lowest BCUT2D eigenvalue weighted by Gasteiger charge is -2.16. The molecule has 1 N–H and O–H groups in total. The van der Waals surface area contributed by atoms with Crippen molar-refractivity contribution < 1.29 is 8.83 Å². The van der Waals surface area contributed by atoms with E-state index < -0.39 is 0 Å². The molecule has 2 aromatic heterocycles. The minimum Gasteiger partial charge on any atom is -0.467 e. The van der Waals surface area contributed by atoms with Crippen LogP contribution >= 0.6 is 0 Å². The van der Waals surface area contributed by atoms with Gasteiger partial charge in [0.15, 0.2) is 0 Å². The highest BCUT2D eigenvalue weighted by Gasteiger charge is 2.21. The number of hydrogen-bond donors (Lipinski definition) is 1. The third-order valence-corrected chi connectivity index (χ3v) is 3.27. The summed E-state index contributed by atoms with van der Waals surface area (Å²) in [6.45, 7) is 4.37. The molecule has 0 aromatic carbocycles. The molecule has 0 aliphatic heterocycles. The zero-order valence-corrected chi connectivity index (χ0v) is 11.1. The van der Waals surface area contributed by atoms with Gasteiger partial charge >= 0.3 is 0 Å². The Hall–Kier alpha value is -1.75. The highest BCUT2D eigenvalue weighted by Crippen LogP contribution is 2.20. The number of nitrogens with one attached hydrogen (secondary N) is 1. The maximum Gasteiger partial charge on any atom is 0.297 e. The fraction of sp³-hybridized carbons (Fsp3) is 0.500. The molecule has 0 atom stereocenters. The maximum atomic E-state index is 5.55. The second-order valence-electron chi connectivity index (χ2n) is 4.87. The quantitative estimate of drug-likeness (QED) is 0.830. The van der Waals surface area contributed by atoms with Crippen molar-refractivity contribution in [2.45, 2.75) is 38.9 Å². The van der Waals surface area contributed by atoms with E-state index in [1.165, 1.54) is 12.8 Å². The van der Waals surface area contributed by atoms with E-state index in [0.717, 1.165) is 24.5 Å². The Morgan fingerprint density at radius 3 is 3.00 bits per heavy atom. The minimum atomic E-state index is 0.659. The molecule has 1 aliphatic rings. The Morgan fingerprint density at radius 2 is 2.32 bits per heavy atom. The highest BCUT2D eigenvalue weighted by atomic mass is 16.4. The largest absolute Gasteiger partial charge is 0.467 e. The van der Waals surface area contributed by atoms with Crippen LogP contribution in [0, 0.1) is 0 Å². The lowest BCUT2D eigenvalue weighted by Crippen LogP contribution is -2.22. The van der Waals surface area contributed by atoms with Crippen LogP contribution in [0.3, 0.4) is 0 Å². The number of nitrogens with zero attached hydrogens (tertiary/aromatic N) is 2. The number of aromatic nitrogens is 1. The van der Waals surface area contributed by atoms with Gasteiger partial charge < -0.3 is 19.1 Å². The first-order valence-electron chi connectivity index (χ1n) is 6.80. The topological polar surface area (TPSA) is 54.4 Å². The van der Waals surface area contributed by atoms with E-state index in [4.69, 9.17) is 8.83 Å². The monoisotopic (exact) mass is 261 g/mol. The van der Waals surface area contributed by atoms with Gasteiger partial charge in [0, 0.05) is 19.1 Å². The molecule has 5 nitrogen and oxygen atoms in total. The number of anilines is 1. The zero-order valence-electron chi connectivity index (χ0n) is 11.1. The molecule has 1 saturated carbocycles. The third kappa shape index (κ3) is 3.17. The van der Waals surface area contributed by atoms with Gasteiger partial charge in [-0.05, 0) is 31.9 Å². The lowest BCUT2D eigenvalue weighted by atomic mass is 10.4. The van der Waals surface area contributed by atoms with Crippen molar-refractivity contribution in [1.82, 2.24) is 10.3 Å². The van der Waals surface area contributed by atoms with Gasteiger partial charge in [-0.15, -0.1) is 0 Å². The van der Waals surface area contributed by atoms with Gasteiger partial charge in [-0.1, -0.05) is 0 Å². The van der Waals surface area contributed by atoms with Crippen molar-refractivity contribution in [2.24, 2.45) is 0 Å². The smallest absolute Gasteiger partial charge is 0.297 e. The number of furan rings is 1. The Kier molecular flexibility index (Phi) is 3.55. The SMILES string of the molecule is CCN(Cc1ccco1)c1nc(CNC2CC2)co1. The Balaban J connectivity index is 1.61. The standard InChI is InChI=1S/C14H19N3O2/c1-2-17(9-13-4-3-7-18-13)14-16-12(10-19-14)8-15-11-5-6-11/h3-4,7,10-11,15H,2,5-6,8-9H2,1H3. The van der Waals surface area contributed by atoms with E-state index in [1.807, 2.05) is 12.1 Å². The lowest BCUT2D eigenvalue weighted by molar-refractivity contribution is 0.481. The predicted octanol–water partition coefficient (Wildman–Crippen LogP) is 2.55. The predicted molar refractivity (Wildman–Crippen MR) is 71.8 cm³/mol. The average Bonchev–Trinajstić information content (AvgIpc) is 2.92. The fourth-order valence-corrected chi connectivity index (χ4v) is 1.96. The molecule has 3 rings (SSSR count). The van der Waals surface area contributed by atoms with Crippen LogP contribution < -0.4 is 10.2 Å². The molecular formula is C14H19N3O2. The normalized spacial score (nSPS) is 14.8. The van der Waals surface area contributed by atoms with E-state index in [0.29, 0.717) is 18.6 Å². The first-order chi connectivity index (χ1) is 9.35. The van der Waals surface area contributed by atoms with E-state index in [-0.39, 0.29) is 0 Å². The molecule has 0 amide bonds. The molecule has 0 bridgehead atoms. The van der Waals surface area contributed by atoms with Crippen LogP contribution in [0.15, 0.2) is 33.5 Å². The summed E-state index contributed by atoms with van der Waals surface area (Å²) in [7, 11) is 0. The molecule has 102 valence electrons. The van der Waals surface area contributed by atoms with Crippen LogP contribution in [0.4, 0.5) is 6.01 Å². The molecule has 0 radical (unpaired) electrons. The van der Waals surface area contributed by atoms with Crippen LogP contribution in [0.5, 0.6) is 0 Å². The molecule has 19 heavy (non-hydrogen) atoms. The first kappa shape index (κ1) is 12.3. The van der Waals surface area contributed by atoms with Gasteiger partial charge in [-0.3, -0.25) is 0 Å². The molecule has 2 heterocycles. The Labute approximate surface area is 112 Å². The zero-order chi connectivity index (χ0) is 13.1. The molecule has 1 fully saturated rings. The van der Waals surface area contributed by atoms with Crippen LogP contribution in [0.2, 0.25) is 0 Å². The molecule has 0 spiro atoms. The van der Waals surface area contributed by atoms with Crippen molar-refractivity contribution in [2.75, 3.05) is 11.4 Å². The van der Waals surface area contributed by atoms with Crippen molar-refractivity contribution >= 4 is 6.01 Å². The van der Waals surface area contributed by atoms with Crippen molar-refractivity contribution in [3.63, 3.8) is 0 Å². The molecule has 0 unspecified atom stereocenters. The first-order valence-corrected chi connectivity index (χ1v) is 6.80. The minimum absolute atomic E-state index is 0.659. The Morgan fingerprint density at radius 1 is 1.42 bits per heavy atom. The number of oxazole rings is 1. The summed E-state index contributed by atoms with van der Waals surface area (Å²) in [4.78, 5) is 6.57. The second kappa shape index (κ2) is 5.48. The van der Waals surface area contributed by atoms with Crippen LogP contribution in [-0.4, -0.2) is 17.6 Å². The molecule has 0 saturated heterocycles. The van der Waals surface area contributed by atoms with Gasteiger partial charge in [-0.2, -0.15) is 4.98 Å². The molecule has 2 aromatic rings. The van der Waals surface area contributed by atoms with Gasteiger partial charge in [0.25, 0.3) is 6.01 Å². The fourth-order valence-electron chi connectivity index (χ4n) is 1.96. The van der Waals surface area contributed by atoms with E-state index >= 15 is 0 Å². The number of hydrogen-bond acceptors (Lipinski definition) is 5. The summed E-state index contributed by atoms with van der Waals surface area (Å²) in [6, 6.07) is 5.20. The summed E-state index contributed by atoms with van der Waals surface area (Å²) >= 11 is 0. The van der Waals surface area contributed by atoms with Crippen molar-refractivity contribution in [3.8, 4) is 0 Å². The summed E-state index contributed by atoms with van der Waals surface area (Å²) in [5.74, 6) is 0.915. The van der Waals surface area contributed by atoms with Gasteiger partial charge in [0.05, 0.1) is 18.5 Å². The van der Waals surface area contributed by atoms with Crippen LogP contribution in [-0.2, 0) is 13.1 Å². The average molecular weight is 261 g/mol. The van der Waals surface area contributed by atoms with Crippen molar-refractivity contribution in [1.29, 1.82) is 0 Å². The summed E-state index contributed by atoms with van der Waals surface area (Å²) in [6.07, 6.45) is 5.98. The van der Waals surface area contributed by atoms with E-state index in [9.17, 15) is 0 Å². The molecular weight excluding hydrogens is 242 g/mol. The van der Waals surface area contributed by atoms with Crippen molar-refractivity contribution in [3.05, 3.63) is 36.1 Å². The van der Waals surface area contributed by atoms with E-state index in [2.05, 4.69) is 22.1 Å². The third-order valence-electron chi connectivity index (χ3n) is 3.27. The summed E-state index contributed by atoms with van der Waals surface area (Å²) in [5, 5.41) is 3.43. The second-order valence-corrected chi connectivity index (χ2v) is 4.87. The van der Waals surface area contributed by atoms with Gasteiger partial charge in [-0.25, -0.2) is 0 Å². The van der Waals surface area contributed by atoms with Gasteiger partial charge in [0.2, 0.25) is 0 Å². The summed E-state index contributed by atoms with van der Waals surface area (Å²) < 4.78 is 10.9. The molecule has 5 heteroatoms. The summed E-state index contributed by atoms with van der Waals surface area (Å²) in [5.41, 5.74) is 0.958. The number of rotatable bonds is 7. The highest BCUT2D eigenvalue weighted by molar-refractivity contribution is 5.27. The molecule has 1 aliphatic carbocycles. The van der Waals surface area contributed by atoms with Gasteiger partial charge in [0.1, 0.15) is 12.0 Å². The maximum absolute atomic E-state index is 5.55. The van der Waals surface area contributed by atoms with E-state index in [1.54, 1.807) is 12.5 Å². The Bertz CT molecular complexity index is 503. The van der Waals surface area contributed by atoms with Crippen LogP contribution in [0.1, 0.15) is 31.2 Å².